The van der Waals surface area contributed by atoms with Crippen LogP contribution in [0.4, 0.5) is 8.78 Å². The van der Waals surface area contributed by atoms with Crippen molar-refractivity contribution < 1.29 is 76.9 Å². The lowest BCUT2D eigenvalue weighted by Crippen LogP contribution is -2.44. The van der Waals surface area contributed by atoms with E-state index < -0.39 is 37.3 Å². The molecule has 4 atom stereocenters. The number of nitrogens with one attached hydrogen (secondary N) is 6. The molecule has 0 aliphatic carbocycles. The van der Waals surface area contributed by atoms with E-state index in [1.807, 2.05) is 28.2 Å². The Morgan fingerprint density at radius 2 is 0.745 bits per heavy atom. The minimum absolute atomic E-state index is 0.0278. The molecule has 0 unspecified atom stereocenters. The minimum atomic E-state index is -0.780. The number of phenolic OH excluding ortho intramolecular Hbond substituents is 4. The Labute approximate surface area is 570 Å². The third-order valence-corrected chi connectivity index (χ3v) is 17.1. The maximum atomic E-state index is 14.0. The van der Waals surface area contributed by atoms with E-state index in [0.29, 0.717) is 52.1 Å². The predicted molar refractivity (Wildman–Crippen MR) is 373 cm³/mol. The van der Waals surface area contributed by atoms with Gasteiger partial charge in [-0.3, -0.25) is 28.8 Å². The Bertz CT molecular complexity index is 3580. The first kappa shape index (κ1) is 76.8. The number of aromatic amines is 4. The molecule has 24 heteroatoms. The van der Waals surface area contributed by atoms with Crippen LogP contribution in [0.3, 0.4) is 0 Å². The molecule has 4 aromatic heterocycles. The van der Waals surface area contributed by atoms with E-state index in [0.717, 1.165) is 105 Å². The Balaban J connectivity index is 0.000000276. The van der Waals surface area contributed by atoms with Gasteiger partial charge in [-0.25, -0.2) is 8.78 Å². The van der Waals surface area contributed by atoms with Gasteiger partial charge in [0.15, 0.2) is 11.6 Å². The van der Waals surface area contributed by atoms with Crippen LogP contribution < -0.4 is 10.6 Å². The number of amides is 2. The van der Waals surface area contributed by atoms with E-state index >= 15 is 0 Å². The monoisotopic (exact) mass is 1360 g/mol. The summed E-state index contributed by atoms with van der Waals surface area (Å²) in [4.78, 5) is 98.8. The van der Waals surface area contributed by atoms with Crippen LogP contribution in [0.2, 0.25) is 0 Å². The quantitative estimate of drug-likeness (QED) is 0.0159. The number of ketones is 4. The Morgan fingerprint density at radius 3 is 1.07 bits per heavy atom. The fourth-order valence-corrected chi connectivity index (χ4v) is 12.0. The van der Waals surface area contributed by atoms with Crippen molar-refractivity contribution in [1.82, 2.24) is 40.4 Å². The van der Waals surface area contributed by atoms with Gasteiger partial charge in [0, 0.05) is 132 Å². The van der Waals surface area contributed by atoms with Gasteiger partial charge in [-0.05, 0) is 201 Å². The molecule has 0 fully saturated rings. The summed E-state index contributed by atoms with van der Waals surface area (Å²) < 4.78 is 45.5. The fraction of sp³-hybridized carbons (Fsp3) is 0.486. The highest BCUT2D eigenvalue weighted by Gasteiger charge is 2.31. The van der Waals surface area contributed by atoms with E-state index in [1.54, 1.807) is 97.6 Å². The molecule has 98 heavy (non-hydrogen) atoms. The smallest absolute Gasteiger partial charge is 0.224 e. The number of Topliss-reactive ketones (excluding diaryl/α,β-unsaturated/α-hetero) is 4. The standard InChI is InChI=1S/2C37H49FN4O7/c2*1-42(2)13-4-3-6-35(36(46)7-5-14-48-16-17-49-15-12-38)41-37(47)25(18-26-23-39-33-10-8-28(43)21-31(26)33)19-30(45)20-27-24-40-34-11-9-29(44)22-32(27)34/h2*8-11,21-25,35,39-40,43-44H,3-7,12-20H2,1-2H3,(H,41,47)/t2*25-,35+/m11/s1/i38-1;. The summed E-state index contributed by atoms with van der Waals surface area (Å²) in [5.41, 5.74) is 6.16. The number of unbranched alkanes of at least 4 members (excludes halogenated alkanes) is 2. The average Bonchev–Trinajstić information content (AvgIpc) is 1.66. The van der Waals surface area contributed by atoms with Gasteiger partial charge in [0.1, 0.15) is 47.9 Å². The molecule has 0 aliphatic rings. The number of rotatable bonds is 46. The molecule has 0 saturated carbocycles. The number of hydrogen-bond acceptors (Lipinski definition) is 16. The molecule has 0 aliphatic heterocycles. The largest absolute Gasteiger partial charge is 0.508 e. The zero-order valence-corrected chi connectivity index (χ0v) is 56.9. The molecular formula is C74H98F2N8O14. The number of aromatic hydroxyl groups is 4. The van der Waals surface area contributed by atoms with Crippen LogP contribution in [-0.4, -0.2) is 205 Å². The number of phenols is 4. The highest BCUT2D eigenvalue weighted by molar-refractivity contribution is 5.97. The summed E-state index contributed by atoms with van der Waals surface area (Å²) in [6, 6.07) is 18.3. The number of H-pyrrole nitrogens is 4. The normalized spacial score (nSPS) is 12.9. The van der Waals surface area contributed by atoms with E-state index in [9.17, 15) is 58.0 Å². The predicted octanol–water partition coefficient (Wildman–Crippen LogP) is 9.98. The number of aromatic nitrogens is 4. The molecule has 10 N–H and O–H groups in total. The van der Waals surface area contributed by atoms with Crippen molar-refractivity contribution >= 4 is 78.6 Å². The summed E-state index contributed by atoms with van der Waals surface area (Å²) in [6.45, 7) is 2.50. The van der Waals surface area contributed by atoms with Gasteiger partial charge in [0.05, 0.1) is 51.7 Å². The number of halogens is 2. The van der Waals surface area contributed by atoms with E-state index in [4.69, 9.17) is 18.9 Å². The van der Waals surface area contributed by atoms with Crippen molar-refractivity contribution in [2.75, 3.05) is 107 Å². The highest BCUT2D eigenvalue weighted by atomic mass is 19.1. The van der Waals surface area contributed by atoms with Crippen molar-refractivity contribution in [1.29, 1.82) is 0 Å². The second kappa shape index (κ2) is 40.4. The first-order chi connectivity index (χ1) is 47.3. The molecule has 4 heterocycles. The van der Waals surface area contributed by atoms with Crippen LogP contribution in [0, 0.1) is 11.8 Å². The summed E-state index contributed by atoms with van der Waals surface area (Å²) in [6.07, 6.45) is 12.9. The van der Waals surface area contributed by atoms with Gasteiger partial charge in [-0.2, -0.15) is 0 Å². The first-order valence-electron chi connectivity index (χ1n) is 33.9. The maximum Gasteiger partial charge on any atom is 0.224 e. The fourth-order valence-electron chi connectivity index (χ4n) is 12.0. The number of benzene rings is 4. The number of carbonyl (C=O) groups is 6. The molecule has 8 rings (SSSR count). The van der Waals surface area contributed by atoms with Crippen LogP contribution >= 0.6 is 0 Å². The second-order valence-corrected chi connectivity index (χ2v) is 25.5. The zero-order chi connectivity index (χ0) is 70.3. The Hall–Kier alpha value is -8.52. The lowest BCUT2D eigenvalue weighted by Gasteiger charge is -2.22. The molecule has 0 radical (unpaired) electrons. The second-order valence-electron chi connectivity index (χ2n) is 25.5. The summed E-state index contributed by atoms with van der Waals surface area (Å²) in [7, 11) is 7.94. The third kappa shape index (κ3) is 25.1. The minimum Gasteiger partial charge on any atom is -0.508 e. The van der Waals surface area contributed by atoms with Gasteiger partial charge in [0.2, 0.25) is 11.8 Å². The summed E-state index contributed by atoms with van der Waals surface area (Å²) in [5, 5.41) is 49.3. The zero-order valence-electron chi connectivity index (χ0n) is 56.9. The SMILES string of the molecule is CN(C)CCCC[C@H](NC(=O)[C@@H](CC(=O)Cc1c[nH]c2ccc(O)cc12)Cc1c[nH]c2ccc(O)cc12)C(=O)CCCOCCOCCF.CN(C)CCCC[C@H](NC(=O)[C@@H](CC(=O)Cc1c[nH]c2ccc(O)cc12)Cc1c[nH]c2ccc(O)cc12)C(=O)CCCOCCOCC[18F]. The van der Waals surface area contributed by atoms with Crippen molar-refractivity contribution in [3.63, 3.8) is 0 Å². The van der Waals surface area contributed by atoms with Crippen molar-refractivity contribution in [2.24, 2.45) is 11.8 Å². The van der Waals surface area contributed by atoms with E-state index in [2.05, 4.69) is 40.4 Å². The molecule has 0 spiro atoms. The lowest BCUT2D eigenvalue weighted by atomic mass is 9.90. The number of alkyl halides is 2. The van der Waals surface area contributed by atoms with Gasteiger partial charge in [-0.15, -0.1) is 0 Å². The summed E-state index contributed by atoms with van der Waals surface area (Å²) in [5.74, 6) is -2.48. The molecule has 8 aromatic rings. The van der Waals surface area contributed by atoms with Gasteiger partial charge in [-0.1, -0.05) is 0 Å². The van der Waals surface area contributed by atoms with Crippen LogP contribution in [0.25, 0.3) is 43.6 Å². The first-order valence-corrected chi connectivity index (χ1v) is 33.9. The number of hydrogen-bond donors (Lipinski definition) is 10. The molecule has 4 aromatic carbocycles. The summed E-state index contributed by atoms with van der Waals surface area (Å²) >= 11 is 0. The van der Waals surface area contributed by atoms with Gasteiger partial charge >= 0.3 is 0 Å². The van der Waals surface area contributed by atoms with Crippen molar-refractivity contribution in [3.8, 4) is 23.0 Å². The van der Waals surface area contributed by atoms with E-state index in [-0.39, 0.29) is 136 Å². The number of fused-ring (bicyclic) bond motifs is 4. The van der Waals surface area contributed by atoms with Crippen LogP contribution in [0.1, 0.15) is 99.3 Å². The molecule has 0 bridgehead atoms. The lowest BCUT2D eigenvalue weighted by molar-refractivity contribution is -0.132. The van der Waals surface area contributed by atoms with Crippen LogP contribution in [-0.2, 0) is 73.4 Å². The van der Waals surface area contributed by atoms with E-state index in [1.165, 1.54) is 0 Å². The molecular weight excluding hydrogens is 1260 g/mol. The number of nitrogens with zero attached hydrogens (tertiary/aromatic N) is 2. The third-order valence-electron chi connectivity index (χ3n) is 17.1. The molecule has 2 amide bonds. The molecule has 0 saturated heterocycles. The Kier molecular flexibility index (Phi) is 31.7. The van der Waals surface area contributed by atoms with Crippen LogP contribution in [0.5, 0.6) is 23.0 Å². The van der Waals surface area contributed by atoms with Crippen molar-refractivity contribution in [3.05, 3.63) is 120 Å². The average molecular weight is 1360 g/mol. The van der Waals surface area contributed by atoms with Crippen molar-refractivity contribution in [2.45, 2.75) is 115 Å². The highest BCUT2D eigenvalue weighted by Crippen LogP contribution is 2.31. The Morgan fingerprint density at radius 1 is 0.429 bits per heavy atom. The number of carbonyl (C=O) groups excluding carboxylic acids is 6. The van der Waals surface area contributed by atoms with Gasteiger partial charge in [0.25, 0.3) is 0 Å². The number of ether oxygens (including phenoxy) is 4. The molecule has 22 nitrogen and oxygen atoms in total. The topological polar surface area (TPSA) is 314 Å². The van der Waals surface area contributed by atoms with Crippen LogP contribution in [0.15, 0.2) is 97.6 Å². The molecule has 532 valence electrons. The maximum absolute atomic E-state index is 14.0. The van der Waals surface area contributed by atoms with Gasteiger partial charge < -0.3 is 79.7 Å².